The van der Waals surface area contributed by atoms with Crippen molar-refractivity contribution in [3.8, 4) is 0 Å². The number of hydrogen-bond acceptors (Lipinski definition) is 6. The molecule has 8 heteroatoms. The predicted octanol–water partition coefficient (Wildman–Crippen LogP) is 4.29. The Morgan fingerprint density at radius 2 is 1.68 bits per heavy atom. The molecule has 0 radical (unpaired) electrons. The van der Waals surface area contributed by atoms with Crippen LogP contribution >= 0.6 is 11.8 Å². The van der Waals surface area contributed by atoms with Gasteiger partial charge in [-0.1, -0.05) is 85.0 Å². The summed E-state index contributed by atoms with van der Waals surface area (Å²) in [7, 11) is 0. The maximum Gasteiger partial charge on any atom is 0.311 e. The monoisotopic (exact) mass is 572 g/mol. The number of thioether (sulfide) groups is 1. The first-order valence-electron chi connectivity index (χ1n) is 14.4. The van der Waals surface area contributed by atoms with E-state index < -0.39 is 39.4 Å². The molecule has 0 aliphatic carbocycles. The number of amides is 2. The zero-order chi connectivity index (χ0) is 28.6. The highest BCUT2D eigenvalue weighted by Gasteiger charge is 2.74. The largest absolute Gasteiger partial charge is 0.465 e. The molecule has 7 nitrogen and oxygen atoms in total. The molecule has 41 heavy (non-hydrogen) atoms. The number of likely N-dealkylation sites (tertiary alicyclic amines) is 1. The fourth-order valence-electron chi connectivity index (χ4n) is 7.09. The average molecular weight is 573 g/mol. The first kappa shape index (κ1) is 27.8. The average Bonchev–Trinajstić information content (AvgIpc) is 3.31. The standard InChI is InChI=1S/C33H36N2O5S/c1-32-17-10-2-3-11-20-40-31(39)27(32)26-29(37)35(25(22-36)24-15-8-5-9-16-24)28-30(38)34(19-12-18-33(26,28)41-32)21-23-13-6-4-7-14-23/h4-10,12-18,25-28,36H,2-3,11,19-22H2,1H3/b17-10-/t25-,26+,27-,28?,32+,33+/m1/s1. The second-order valence-electron chi connectivity index (χ2n) is 11.5. The van der Waals surface area contributed by atoms with Crippen molar-refractivity contribution in [2.45, 2.75) is 54.3 Å². The fraction of sp³-hybridized carbons (Fsp3) is 0.424. The lowest BCUT2D eigenvalue weighted by Crippen LogP contribution is -2.54. The Labute approximate surface area is 245 Å². The van der Waals surface area contributed by atoms with Crippen LogP contribution in [0.2, 0.25) is 0 Å². The van der Waals surface area contributed by atoms with Gasteiger partial charge in [0.25, 0.3) is 0 Å². The van der Waals surface area contributed by atoms with E-state index in [2.05, 4.69) is 12.2 Å². The summed E-state index contributed by atoms with van der Waals surface area (Å²) in [5.41, 5.74) is 1.74. The molecule has 6 atom stereocenters. The van der Waals surface area contributed by atoms with Gasteiger partial charge in [-0.15, -0.1) is 11.8 Å². The third-order valence-corrected chi connectivity index (χ3v) is 10.7. The first-order valence-corrected chi connectivity index (χ1v) is 15.2. The lowest BCUT2D eigenvalue weighted by molar-refractivity contribution is -0.155. The Morgan fingerprint density at radius 1 is 0.951 bits per heavy atom. The summed E-state index contributed by atoms with van der Waals surface area (Å²) in [6.07, 6.45) is 10.7. The Morgan fingerprint density at radius 3 is 2.41 bits per heavy atom. The maximum atomic E-state index is 14.7. The number of carbonyl (C=O) groups is 3. The van der Waals surface area contributed by atoms with Gasteiger partial charge in [-0.2, -0.15) is 0 Å². The number of nitrogens with zero attached hydrogens (tertiary/aromatic N) is 2. The number of rotatable bonds is 5. The van der Waals surface area contributed by atoms with E-state index in [0.717, 1.165) is 30.4 Å². The van der Waals surface area contributed by atoms with E-state index in [-0.39, 0.29) is 18.4 Å². The summed E-state index contributed by atoms with van der Waals surface area (Å²) in [4.78, 5) is 46.5. The molecular weight excluding hydrogens is 536 g/mol. The number of carbonyl (C=O) groups excluding carboxylic acids is 3. The van der Waals surface area contributed by atoms with Crippen molar-refractivity contribution in [2.24, 2.45) is 11.8 Å². The zero-order valence-corrected chi connectivity index (χ0v) is 24.0. The van der Waals surface area contributed by atoms with Crippen LogP contribution in [0.3, 0.4) is 0 Å². The van der Waals surface area contributed by atoms with E-state index in [9.17, 15) is 19.5 Å². The molecule has 214 valence electrons. The van der Waals surface area contributed by atoms with Crippen LogP contribution in [-0.4, -0.2) is 68.0 Å². The molecular formula is C33H36N2O5S. The number of ether oxygens (including phenoxy) is 1. The van der Waals surface area contributed by atoms with Gasteiger partial charge in [0.05, 0.1) is 35.8 Å². The van der Waals surface area contributed by atoms with Gasteiger partial charge >= 0.3 is 5.97 Å². The van der Waals surface area contributed by atoms with Crippen molar-refractivity contribution in [1.29, 1.82) is 0 Å². The molecule has 0 saturated carbocycles. The molecule has 1 spiro atoms. The topological polar surface area (TPSA) is 87.1 Å². The number of aliphatic hydroxyl groups is 1. The van der Waals surface area contributed by atoms with Crippen molar-refractivity contribution >= 4 is 29.5 Å². The van der Waals surface area contributed by atoms with Crippen molar-refractivity contribution in [2.75, 3.05) is 19.8 Å². The van der Waals surface area contributed by atoms with Crippen molar-refractivity contribution in [1.82, 2.24) is 9.80 Å². The molecule has 2 aromatic carbocycles. The lowest BCUT2D eigenvalue weighted by Gasteiger charge is -2.40. The molecule has 6 rings (SSSR count). The number of fused-ring (bicyclic) bond motifs is 2. The maximum absolute atomic E-state index is 14.7. The highest BCUT2D eigenvalue weighted by atomic mass is 32.2. The number of allylic oxidation sites excluding steroid dienone is 1. The smallest absolute Gasteiger partial charge is 0.311 e. The highest BCUT2D eigenvalue weighted by molar-refractivity contribution is 8.02. The SMILES string of the molecule is C[C@]12/C=C\CCCCOC(=O)[C@H]1[C@H]1C(=O)N([C@H](CO)c3ccccc3)C3C(=O)N(Cc4ccccc4)CC=C[C@@]31S2. The second kappa shape index (κ2) is 11.1. The third kappa shape index (κ3) is 4.71. The molecule has 4 heterocycles. The molecule has 0 aromatic heterocycles. The first-order chi connectivity index (χ1) is 19.9. The summed E-state index contributed by atoms with van der Waals surface area (Å²) in [6.45, 7) is 2.74. The van der Waals surface area contributed by atoms with Gasteiger partial charge in [-0.05, 0) is 37.3 Å². The molecule has 1 N–H and O–H groups in total. The molecule has 0 bridgehead atoms. The number of hydrogen-bond donors (Lipinski definition) is 1. The molecule has 4 aliphatic heterocycles. The van der Waals surface area contributed by atoms with Crippen LogP contribution < -0.4 is 0 Å². The Hall–Kier alpha value is -3.36. The van der Waals surface area contributed by atoms with Gasteiger partial charge in [0, 0.05) is 17.8 Å². The highest BCUT2D eigenvalue weighted by Crippen LogP contribution is 2.66. The van der Waals surface area contributed by atoms with E-state index >= 15 is 0 Å². The molecule has 2 fully saturated rings. The van der Waals surface area contributed by atoms with Crippen LogP contribution in [0.15, 0.2) is 85.0 Å². The van der Waals surface area contributed by atoms with Crippen LogP contribution in [0.5, 0.6) is 0 Å². The minimum absolute atomic E-state index is 0.179. The number of esters is 1. The van der Waals surface area contributed by atoms with Crippen LogP contribution in [0, 0.1) is 11.8 Å². The number of benzene rings is 2. The lowest BCUT2D eigenvalue weighted by atomic mass is 9.74. The summed E-state index contributed by atoms with van der Waals surface area (Å²) in [5.74, 6) is -2.44. The van der Waals surface area contributed by atoms with Gasteiger partial charge in [0.1, 0.15) is 6.04 Å². The number of cyclic esters (lactones) is 1. The van der Waals surface area contributed by atoms with E-state index in [1.165, 1.54) is 11.8 Å². The Balaban J connectivity index is 1.50. The normalized spacial score (nSPS) is 32.9. The van der Waals surface area contributed by atoms with Crippen LogP contribution in [-0.2, 0) is 25.7 Å². The minimum Gasteiger partial charge on any atom is -0.465 e. The Bertz CT molecular complexity index is 1360. The van der Waals surface area contributed by atoms with Crippen molar-refractivity contribution in [3.05, 3.63) is 96.1 Å². The predicted molar refractivity (Wildman–Crippen MR) is 158 cm³/mol. The van der Waals surface area contributed by atoms with Crippen LogP contribution in [0.1, 0.15) is 43.4 Å². The van der Waals surface area contributed by atoms with Gasteiger partial charge in [-0.25, -0.2) is 0 Å². The molecule has 4 aliphatic rings. The molecule has 2 saturated heterocycles. The molecule has 2 amide bonds. The molecule has 1 unspecified atom stereocenters. The van der Waals surface area contributed by atoms with Crippen molar-refractivity contribution < 1.29 is 24.2 Å². The van der Waals surface area contributed by atoms with Crippen molar-refractivity contribution in [3.63, 3.8) is 0 Å². The van der Waals surface area contributed by atoms with E-state index in [1.54, 1.807) is 9.80 Å². The quantitative estimate of drug-likeness (QED) is 0.425. The van der Waals surface area contributed by atoms with E-state index in [1.807, 2.05) is 79.7 Å². The van der Waals surface area contributed by atoms with E-state index in [4.69, 9.17) is 4.74 Å². The van der Waals surface area contributed by atoms with Gasteiger partial charge in [0.2, 0.25) is 11.8 Å². The van der Waals surface area contributed by atoms with Crippen LogP contribution in [0.4, 0.5) is 0 Å². The number of aliphatic hydroxyl groups excluding tert-OH is 1. The minimum atomic E-state index is -1.00. The zero-order valence-electron chi connectivity index (χ0n) is 23.2. The Kier molecular flexibility index (Phi) is 7.55. The third-order valence-electron chi connectivity index (χ3n) is 8.93. The fourth-order valence-corrected chi connectivity index (χ4v) is 9.23. The summed E-state index contributed by atoms with van der Waals surface area (Å²) >= 11 is 1.53. The van der Waals surface area contributed by atoms with Gasteiger partial charge in [-0.3, -0.25) is 14.4 Å². The van der Waals surface area contributed by atoms with Gasteiger partial charge < -0.3 is 19.6 Å². The van der Waals surface area contributed by atoms with Gasteiger partial charge in [0.15, 0.2) is 0 Å². The second-order valence-corrected chi connectivity index (χ2v) is 13.3. The van der Waals surface area contributed by atoms with Crippen LogP contribution in [0.25, 0.3) is 0 Å². The van der Waals surface area contributed by atoms with E-state index in [0.29, 0.717) is 19.7 Å². The summed E-state index contributed by atoms with van der Waals surface area (Å²) in [6, 6.07) is 17.5. The molecule has 2 aromatic rings. The summed E-state index contributed by atoms with van der Waals surface area (Å²) in [5, 5.41) is 10.7. The summed E-state index contributed by atoms with van der Waals surface area (Å²) < 4.78 is 4.03.